The van der Waals surface area contributed by atoms with Crippen molar-refractivity contribution in [2.24, 2.45) is 0 Å². The van der Waals surface area contributed by atoms with Gasteiger partial charge < -0.3 is 23.6 Å². The molecule has 1 saturated heterocycles. The zero-order valence-corrected chi connectivity index (χ0v) is 17.1. The highest BCUT2D eigenvalue weighted by Crippen LogP contribution is 2.25. The number of phenols is 1. The molecule has 0 bridgehead atoms. The molecule has 158 valence electrons. The van der Waals surface area contributed by atoms with Crippen molar-refractivity contribution in [2.75, 3.05) is 13.2 Å². The van der Waals surface area contributed by atoms with E-state index in [-0.39, 0.29) is 30.7 Å². The van der Waals surface area contributed by atoms with Gasteiger partial charge in [0, 0.05) is 47.1 Å². The van der Waals surface area contributed by atoms with Gasteiger partial charge in [-0.3, -0.25) is 9.59 Å². The molecule has 0 unspecified atom stereocenters. The molecule has 1 aliphatic rings. The van der Waals surface area contributed by atoms with Crippen LogP contribution in [0.3, 0.4) is 0 Å². The topological polar surface area (TPSA) is 90.9 Å². The number of hydrogen-bond donors (Lipinski definition) is 1. The summed E-state index contributed by atoms with van der Waals surface area (Å²) < 4.78 is 18.4. The molecule has 1 aliphatic heterocycles. The Balaban J connectivity index is 1.37. The van der Waals surface area contributed by atoms with Crippen LogP contribution in [0.2, 0.25) is 0 Å². The highest BCUT2D eigenvalue weighted by atomic mass is 16.5. The van der Waals surface area contributed by atoms with Gasteiger partial charge in [0.15, 0.2) is 6.61 Å². The van der Waals surface area contributed by atoms with E-state index in [1.54, 1.807) is 6.07 Å². The van der Waals surface area contributed by atoms with Crippen molar-refractivity contribution in [1.82, 2.24) is 4.57 Å². The quantitative estimate of drug-likeness (QED) is 0.471. The summed E-state index contributed by atoms with van der Waals surface area (Å²) in [6, 6.07) is 6.55. The second kappa shape index (κ2) is 8.36. The molecular formula is C23H25NO6. The Morgan fingerprint density at radius 2 is 2.10 bits per heavy atom. The normalized spacial score (nSPS) is 16.3. The minimum absolute atomic E-state index is 0.0108. The first-order chi connectivity index (χ1) is 14.4. The Hall–Kier alpha value is -3.06. The van der Waals surface area contributed by atoms with E-state index in [4.69, 9.17) is 13.9 Å². The maximum atomic E-state index is 12.7. The molecule has 2 aromatic heterocycles. The molecule has 4 rings (SSSR count). The minimum Gasteiger partial charge on any atom is -0.508 e. The molecule has 1 fully saturated rings. The zero-order valence-electron chi connectivity index (χ0n) is 17.1. The molecule has 1 aromatic carbocycles. The number of nitrogens with zero attached hydrogens (tertiary/aromatic N) is 1. The number of carbonyl (C=O) groups excluding carboxylic acids is 2. The average molecular weight is 411 g/mol. The third-order valence-corrected chi connectivity index (χ3v) is 5.62. The van der Waals surface area contributed by atoms with Crippen LogP contribution in [-0.4, -0.2) is 40.7 Å². The summed E-state index contributed by atoms with van der Waals surface area (Å²) in [5.74, 6) is -0.641. The van der Waals surface area contributed by atoms with Crippen LogP contribution in [0, 0.1) is 13.8 Å². The van der Waals surface area contributed by atoms with Gasteiger partial charge in [0.2, 0.25) is 5.78 Å². The van der Waals surface area contributed by atoms with Crippen LogP contribution < -0.4 is 0 Å². The summed E-state index contributed by atoms with van der Waals surface area (Å²) in [4.78, 5) is 24.9. The number of aromatic hydroxyl groups is 1. The number of aryl methyl sites for hydroxylation is 1. The molecule has 30 heavy (non-hydrogen) atoms. The Morgan fingerprint density at radius 3 is 2.87 bits per heavy atom. The van der Waals surface area contributed by atoms with E-state index < -0.39 is 5.97 Å². The van der Waals surface area contributed by atoms with Crippen LogP contribution in [0.5, 0.6) is 5.75 Å². The van der Waals surface area contributed by atoms with Gasteiger partial charge in [-0.05, 0) is 44.9 Å². The maximum Gasteiger partial charge on any atom is 0.310 e. The van der Waals surface area contributed by atoms with Crippen LogP contribution in [0.25, 0.3) is 11.0 Å². The monoisotopic (exact) mass is 411 g/mol. The fourth-order valence-electron chi connectivity index (χ4n) is 4.00. The molecule has 3 aromatic rings. The van der Waals surface area contributed by atoms with Gasteiger partial charge in [-0.2, -0.15) is 0 Å². The maximum absolute atomic E-state index is 12.7. The first-order valence-corrected chi connectivity index (χ1v) is 10.1. The smallest absolute Gasteiger partial charge is 0.310 e. The second-order valence-corrected chi connectivity index (χ2v) is 7.73. The van der Waals surface area contributed by atoms with Gasteiger partial charge in [0.25, 0.3) is 0 Å². The Morgan fingerprint density at radius 1 is 1.27 bits per heavy atom. The van der Waals surface area contributed by atoms with Crippen LogP contribution in [-0.2, 0) is 27.2 Å². The van der Waals surface area contributed by atoms with Crippen molar-refractivity contribution >= 4 is 22.7 Å². The molecule has 0 amide bonds. The summed E-state index contributed by atoms with van der Waals surface area (Å²) in [6.07, 6.45) is 3.73. The lowest BCUT2D eigenvalue weighted by atomic mass is 10.1. The first-order valence-electron chi connectivity index (χ1n) is 10.1. The molecule has 0 saturated carbocycles. The van der Waals surface area contributed by atoms with Gasteiger partial charge in [0.1, 0.15) is 11.3 Å². The number of fused-ring (bicyclic) bond motifs is 1. The van der Waals surface area contributed by atoms with Crippen molar-refractivity contribution in [1.29, 1.82) is 0 Å². The average Bonchev–Trinajstić information content (AvgIpc) is 3.43. The van der Waals surface area contributed by atoms with Gasteiger partial charge >= 0.3 is 5.97 Å². The molecule has 3 heterocycles. The zero-order chi connectivity index (χ0) is 21.3. The van der Waals surface area contributed by atoms with Gasteiger partial charge in [-0.15, -0.1) is 0 Å². The molecule has 1 N–H and O–H groups in total. The number of Topliss-reactive ketones (excluding diaryl/α,β-unsaturated/α-hetero) is 1. The number of ether oxygens (including phenoxy) is 2. The highest BCUT2D eigenvalue weighted by Gasteiger charge is 2.22. The lowest BCUT2D eigenvalue weighted by Crippen LogP contribution is -2.18. The lowest BCUT2D eigenvalue weighted by Gasteiger charge is -2.14. The Bertz CT molecular complexity index is 1090. The number of aromatic nitrogens is 1. The number of esters is 1. The van der Waals surface area contributed by atoms with Gasteiger partial charge in [0.05, 0.1) is 18.8 Å². The second-order valence-electron chi connectivity index (χ2n) is 7.73. The van der Waals surface area contributed by atoms with Gasteiger partial charge in [-0.1, -0.05) is 0 Å². The fraction of sp³-hybridized carbons (Fsp3) is 0.391. The van der Waals surface area contributed by atoms with E-state index in [1.165, 1.54) is 18.4 Å². The number of furan rings is 1. The molecule has 0 aliphatic carbocycles. The molecule has 1 atom stereocenters. The van der Waals surface area contributed by atoms with Crippen LogP contribution >= 0.6 is 0 Å². The molecule has 0 spiro atoms. The largest absolute Gasteiger partial charge is 0.508 e. The van der Waals surface area contributed by atoms with Crippen molar-refractivity contribution in [3.63, 3.8) is 0 Å². The van der Waals surface area contributed by atoms with E-state index in [2.05, 4.69) is 4.57 Å². The first kappa shape index (κ1) is 20.2. The SMILES string of the molecule is Cc1cc(C(=O)COC(=O)Cc2coc3cc(O)ccc23)c(C)n1C[C@@H]1CCCO1. The van der Waals surface area contributed by atoms with E-state index in [9.17, 15) is 14.7 Å². The van der Waals surface area contributed by atoms with Crippen molar-refractivity contribution in [3.8, 4) is 5.75 Å². The molecule has 7 heteroatoms. The third-order valence-electron chi connectivity index (χ3n) is 5.62. The van der Waals surface area contributed by atoms with Crippen LogP contribution in [0.1, 0.15) is 40.2 Å². The lowest BCUT2D eigenvalue weighted by molar-refractivity contribution is -0.141. The number of carbonyl (C=O) groups is 2. The van der Waals surface area contributed by atoms with Crippen LogP contribution in [0.15, 0.2) is 34.9 Å². The standard InChI is InChI=1S/C23H25NO6/c1-14-8-20(15(2)24(14)11-18-4-3-7-28-18)21(26)13-30-23(27)9-16-12-29-22-10-17(25)5-6-19(16)22/h5-6,8,10,12,18,25H,3-4,7,9,11,13H2,1-2H3/t18-/m0/s1. The van der Waals surface area contributed by atoms with E-state index >= 15 is 0 Å². The summed E-state index contributed by atoms with van der Waals surface area (Å²) in [5.41, 5.74) is 3.57. The van der Waals surface area contributed by atoms with E-state index in [0.29, 0.717) is 16.7 Å². The number of benzene rings is 1. The van der Waals surface area contributed by atoms with Crippen molar-refractivity contribution in [2.45, 2.75) is 45.8 Å². The van der Waals surface area contributed by atoms with Gasteiger partial charge in [-0.25, -0.2) is 0 Å². The number of hydrogen-bond acceptors (Lipinski definition) is 6. The summed E-state index contributed by atoms with van der Waals surface area (Å²) in [7, 11) is 0. The molecule has 7 nitrogen and oxygen atoms in total. The van der Waals surface area contributed by atoms with Crippen LogP contribution in [0.4, 0.5) is 0 Å². The predicted octanol–water partition coefficient (Wildman–Crippen LogP) is 3.70. The summed E-state index contributed by atoms with van der Waals surface area (Å²) >= 11 is 0. The minimum atomic E-state index is -0.507. The Labute approximate surface area is 174 Å². The third kappa shape index (κ3) is 4.11. The number of ketones is 1. The fourth-order valence-corrected chi connectivity index (χ4v) is 4.00. The number of phenolic OH excluding ortho intramolecular Hbond substituents is 1. The summed E-state index contributed by atoms with van der Waals surface area (Å²) in [6.45, 7) is 5.09. The highest BCUT2D eigenvalue weighted by molar-refractivity contribution is 5.99. The van der Waals surface area contributed by atoms with E-state index in [0.717, 1.165) is 42.8 Å². The molecular weight excluding hydrogens is 386 g/mol. The van der Waals surface area contributed by atoms with Crippen molar-refractivity contribution in [3.05, 3.63) is 53.0 Å². The molecule has 0 radical (unpaired) electrons. The summed E-state index contributed by atoms with van der Waals surface area (Å²) in [5, 5.41) is 10.2. The number of rotatable bonds is 7. The van der Waals surface area contributed by atoms with E-state index in [1.807, 2.05) is 19.9 Å². The predicted molar refractivity (Wildman–Crippen MR) is 110 cm³/mol. The van der Waals surface area contributed by atoms with Crippen molar-refractivity contribution < 1.29 is 28.6 Å². The Kier molecular flexibility index (Phi) is 5.63.